The third-order valence-electron chi connectivity index (χ3n) is 4.89. The van der Waals surface area contributed by atoms with Crippen LogP contribution in [0.1, 0.15) is 64.9 Å². The molecular formula is C21H34O3. The van der Waals surface area contributed by atoms with Crippen molar-refractivity contribution in [3.8, 4) is 5.75 Å². The first-order valence-electron chi connectivity index (χ1n) is 9.66. The molecular weight excluding hydrogens is 300 g/mol. The van der Waals surface area contributed by atoms with Crippen LogP contribution in [0.25, 0.3) is 0 Å². The van der Waals surface area contributed by atoms with Gasteiger partial charge in [0.15, 0.2) is 6.29 Å². The van der Waals surface area contributed by atoms with Crippen LogP contribution in [-0.4, -0.2) is 26.1 Å². The largest absolute Gasteiger partial charge is 0.488 e. The molecule has 0 atom stereocenters. The van der Waals surface area contributed by atoms with Crippen molar-refractivity contribution in [3.63, 3.8) is 0 Å². The molecule has 0 aromatic heterocycles. The van der Waals surface area contributed by atoms with E-state index in [0.717, 1.165) is 30.8 Å². The van der Waals surface area contributed by atoms with Gasteiger partial charge in [0.25, 0.3) is 0 Å². The summed E-state index contributed by atoms with van der Waals surface area (Å²) in [4.78, 5) is 0. The molecule has 0 radical (unpaired) electrons. The summed E-state index contributed by atoms with van der Waals surface area (Å²) in [6.45, 7) is 10.5. The van der Waals surface area contributed by atoms with Crippen LogP contribution >= 0.6 is 0 Å². The Morgan fingerprint density at radius 2 is 1.46 bits per heavy atom. The average molecular weight is 335 g/mol. The van der Waals surface area contributed by atoms with Crippen LogP contribution in [0.15, 0.2) is 24.3 Å². The van der Waals surface area contributed by atoms with Crippen molar-refractivity contribution in [3.05, 3.63) is 29.8 Å². The van der Waals surface area contributed by atoms with E-state index in [1.54, 1.807) is 0 Å². The van der Waals surface area contributed by atoms with E-state index in [0.29, 0.717) is 12.5 Å². The van der Waals surface area contributed by atoms with Gasteiger partial charge >= 0.3 is 0 Å². The lowest BCUT2D eigenvalue weighted by Gasteiger charge is -2.27. The SMILES string of the molecule is CC.CC1CCC(c2ccc(OCC3OCC(C)CO3)cc2)CC1. The van der Waals surface area contributed by atoms with Crippen LogP contribution in [0.3, 0.4) is 0 Å². The fourth-order valence-corrected chi connectivity index (χ4v) is 3.33. The second-order valence-electron chi connectivity index (χ2n) is 7.04. The summed E-state index contributed by atoms with van der Waals surface area (Å²) in [5, 5.41) is 0. The highest BCUT2D eigenvalue weighted by Gasteiger charge is 2.21. The molecule has 1 saturated carbocycles. The van der Waals surface area contributed by atoms with E-state index in [-0.39, 0.29) is 6.29 Å². The zero-order valence-electron chi connectivity index (χ0n) is 15.8. The second kappa shape index (κ2) is 10.0. The van der Waals surface area contributed by atoms with Crippen molar-refractivity contribution in [2.24, 2.45) is 11.8 Å². The molecule has 24 heavy (non-hydrogen) atoms. The van der Waals surface area contributed by atoms with Crippen LogP contribution in [0.5, 0.6) is 5.75 Å². The second-order valence-corrected chi connectivity index (χ2v) is 7.04. The number of benzene rings is 1. The van der Waals surface area contributed by atoms with Crippen LogP contribution < -0.4 is 4.74 Å². The Morgan fingerprint density at radius 3 is 2.04 bits per heavy atom. The monoisotopic (exact) mass is 334 g/mol. The first kappa shape index (κ1) is 19.3. The summed E-state index contributed by atoms with van der Waals surface area (Å²) < 4.78 is 17.0. The van der Waals surface area contributed by atoms with Gasteiger partial charge in [-0.3, -0.25) is 0 Å². The molecule has 3 nitrogen and oxygen atoms in total. The molecule has 1 saturated heterocycles. The highest BCUT2D eigenvalue weighted by molar-refractivity contribution is 5.29. The summed E-state index contributed by atoms with van der Waals surface area (Å²) in [6, 6.07) is 8.61. The molecule has 3 heteroatoms. The average Bonchev–Trinajstić information content (AvgIpc) is 2.64. The molecule has 1 aliphatic carbocycles. The van der Waals surface area contributed by atoms with E-state index in [9.17, 15) is 0 Å². The topological polar surface area (TPSA) is 27.7 Å². The summed E-state index contributed by atoms with van der Waals surface area (Å²) >= 11 is 0. The predicted octanol–water partition coefficient (Wildman–Crippen LogP) is 5.39. The molecule has 0 unspecified atom stereocenters. The quantitative estimate of drug-likeness (QED) is 0.738. The normalized spacial score (nSPS) is 30.2. The van der Waals surface area contributed by atoms with Gasteiger partial charge in [-0.2, -0.15) is 0 Å². The number of hydrogen-bond acceptors (Lipinski definition) is 3. The zero-order valence-corrected chi connectivity index (χ0v) is 15.8. The fourth-order valence-electron chi connectivity index (χ4n) is 3.33. The molecule has 1 aromatic rings. The number of hydrogen-bond donors (Lipinski definition) is 0. The Labute approximate surface area is 147 Å². The van der Waals surface area contributed by atoms with E-state index in [4.69, 9.17) is 14.2 Å². The van der Waals surface area contributed by atoms with E-state index < -0.39 is 0 Å². The van der Waals surface area contributed by atoms with Crippen molar-refractivity contribution >= 4 is 0 Å². The van der Waals surface area contributed by atoms with Crippen LogP contribution in [0, 0.1) is 11.8 Å². The van der Waals surface area contributed by atoms with Gasteiger partial charge in [0, 0.05) is 5.92 Å². The molecule has 0 N–H and O–H groups in total. The smallest absolute Gasteiger partial charge is 0.191 e. The lowest BCUT2D eigenvalue weighted by atomic mass is 9.79. The van der Waals surface area contributed by atoms with Crippen LogP contribution in [-0.2, 0) is 9.47 Å². The van der Waals surface area contributed by atoms with E-state index in [1.165, 1.54) is 31.2 Å². The minimum Gasteiger partial charge on any atom is -0.488 e. The first-order chi connectivity index (χ1) is 11.7. The summed E-state index contributed by atoms with van der Waals surface area (Å²) in [5.41, 5.74) is 1.46. The van der Waals surface area contributed by atoms with E-state index in [2.05, 4.69) is 38.1 Å². The third-order valence-corrected chi connectivity index (χ3v) is 4.89. The molecule has 0 amide bonds. The Morgan fingerprint density at radius 1 is 0.875 bits per heavy atom. The molecule has 0 bridgehead atoms. The zero-order chi connectivity index (χ0) is 17.4. The molecule has 0 spiro atoms. The van der Waals surface area contributed by atoms with Gasteiger partial charge in [0.05, 0.1) is 13.2 Å². The first-order valence-corrected chi connectivity index (χ1v) is 9.66. The Balaban J connectivity index is 0.00000100. The summed E-state index contributed by atoms with van der Waals surface area (Å²) in [5.74, 6) is 3.02. The Hall–Kier alpha value is -1.06. The van der Waals surface area contributed by atoms with E-state index >= 15 is 0 Å². The van der Waals surface area contributed by atoms with Crippen molar-refractivity contribution < 1.29 is 14.2 Å². The van der Waals surface area contributed by atoms with Gasteiger partial charge in [-0.05, 0) is 42.4 Å². The standard InChI is InChI=1S/C19H28O3.C2H6/c1-14-3-5-16(6-4-14)17-7-9-18(10-8-17)20-13-19-21-11-15(2)12-22-19;1-2/h7-10,14-16,19H,3-6,11-13H2,1-2H3;1-2H3. The van der Waals surface area contributed by atoms with Gasteiger partial charge < -0.3 is 14.2 Å². The molecule has 1 heterocycles. The molecule has 136 valence electrons. The fraction of sp³-hybridized carbons (Fsp3) is 0.714. The molecule has 2 aliphatic rings. The number of ether oxygens (including phenoxy) is 3. The third kappa shape index (κ3) is 5.78. The van der Waals surface area contributed by atoms with Crippen molar-refractivity contribution in [1.29, 1.82) is 0 Å². The Bertz CT molecular complexity index is 441. The summed E-state index contributed by atoms with van der Waals surface area (Å²) in [6.07, 6.45) is 5.14. The predicted molar refractivity (Wildman–Crippen MR) is 98.5 cm³/mol. The van der Waals surface area contributed by atoms with Gasteiger partial charge in [-0.1, -0.05) is 52.7 Å². The molecule has 1 aliphatic heterocycles. The maximum absolute atomic E-state index is 5.79. The minimum absolute atomic E-state index is 0.226. The highest BCUT2D eigenvalue weighted by Crippen LogP contribution is 2.35. The lowest BCUT2D eigenvalue weighted by molar-refractivity contribution is -0.208. The van der Waals surface area contributed by atoms with Gasteiger partial charge in [0.2, 0.25) is 0 Å². The van der Waals surface area contributed by atoms with Gasteiger partial charge in [0.1, 0.15) is 12.4 Å². The van der Waals surface area contributed by atoms with Crippen molar-refractivity contribution in [2.75, 3.05) is 19.8 Å². The van der Waals surface area contributed by atoms with E-state index in [1.807, 2.05) is 13.8 Å². The maximum atomic E-state index is 5.79. The maximum Gasteiger partial charge on any atom is 0.191 e. The molecule has 3 rings (SSSR count). The van der Waals surface area contributed by atoms with Gasteiger partial charge in [-0.15, -0.1) is 0 Å². The summed E-state index contributed by atoms with van der Waals surface area (Å²) in [7, 11) is 0. The highest BCUT2D eigenvalue weighted by atomic mass is 16.7. The van der Waals surface area contributed by atoms with Crippen molar-refractivity contribution in [2.45, 2.75) is 65.6 Å². The van der Waals surface area contributed by atoms with Crippen LogP contribution in [0.2, 0.25) is 0 Å². The minimum atomic E-state index is -0.226. The lowest BCUT2D eigenvalue weighted by Crippen LogP contribution is -2.34. The molecule has 2 fully saturated rings. The number of rotatable bonds is 4. The molecule has 1 aromatic carbocycles. The van der Waals surface area contributed by atoms with Gasteiger partial charge in [-0.25, -0.2) is 0 Å². The van der Waals surface area contributed by atoms with Crippen molar-refractivity contribution in [1.82, 2.24) is 0 Å². The van der Waals surface area contributed by atoms with Crippen LogP contribution in [0.4, 0.5) is 0 Å². The Kier molecular flexibility index (Phi) is 8.07.